The van der Waals surface area contributed by atoms with E-state index in [0.717, 1.165) is 72.3 Å². The molecule has 0 spiro atoms. The van der Waals surface area contributed by atoms with Crippen LogP contribution in [0.3, 0.4) is 0 Å². The van der Waals surface area contributed by atoms with E-state index in [1.54, 1.807) is 0 Å². The van der Waals surface area contributed by atoms with E-state index >= 15 is 0 Å². The molecule has 3 heteroatoms. The van der Waals surface area contributed by atoms with Crippen molar-refractivity contribution in [3.8, 4) is 50.2 Å². The number of furan rings is 1. The van der Waals surface area contributed by atoms with E-state index in [9.17, 15) is 0 Å². The van der Waals surface area contributed by atoms with Crippen LogP contribution in [-0.2, 0) is 0 Å². The molecular weight excluding hydrogens is 861 g/mol. The van der Waals surface area contributed by atoms with Crippen LogP contribution in [-0.4, -0.2) is 4.57 Å². The van der Waals surface area contributed by atoms with Gasteiger partial charge < -0.3 is 13.9 Å². The first-order valence-corrected chi connectivity index (χ1v) is 24.3. The Morgan fingerprint density at radius 1 is 0.268 bits per heavy atom. The SMILES string of the molecule is c1cc(-c2ccc(N(c3ccc(-c4ccccc4-n4c5ccccc5c5ccccc54)cc3)c3ccc(-c4cccc5c4oc4c6ccccc6ccc54)cc3)cc2)cc(-c2cccc3ccccc23)c1. The van der Waals surface area contributed by atoms with Crippen molar-refractivity contribution < 1.29 is 4.42 Å². The average Bonchev–Trinajstić information content (AvgIpc) is 4.00. The van der Waals surface area contributed by atoms with E-state index in [4.69, 9.17) is 4.42 Å². The van der Waals surface area contributed by atoms with Crippen LogP contribution in [0.25, 0.3) is 115 Å². The highest BCUT2D eigenvalue weighted by molar-refractivity contribution is 6.17. The van der Waals surface area contributed by atoms with E-state index < -0.39 is 0 Å². The maximum absolute atomic E-state index is 6.78. The summed E-state index contributed by atoms with van der Waals surface area (Å²) in [5.74, 6) is 0. The Balaban J connectivity index is 0.861. The van der Waals surface area contributed by atoms with Crippen LogP contribution >= 0.6 is 0 Å². The summed E-state index contributed by atoms with van der Waals surface area (Å²) in [6.45, 7) is 0. The second-order valence-electron chi connectivity index (χ2n) is 18.4. The summed E-state index contributed by atoms with van der Waals surface area (Å²) >= 11 is 0. The summed E-state index contributed by atoms with van der Waals surface area (Å²) in [5.41, 5.74) is 17.8. The van der Waals surface area contributed by atoms with Crippen molar-refractivity contribution in [1.82, 2.24) is 4.57 Å². The number of anilines is 3. The van der Waals surface area contributed by atoms with Gasteiger partial charge in [0.2, 0.25) is 0 Å². The zero-order chi connectivity index (χ0) is 46.8. The number of rotatable bonds is 8. The van der Waals surface area contributed by atoms with Crippen molar-refractivity contribution in [1.29, 1.82) is 0 Å². The molecule has 0 unspecified atom stereocenters. The Kier molecular flexibility index (Phi) is 9.53. The van der Waals surface area contributed by atoms with Crippen LogP contribution in [0.1, 0.15) is 0 Å². The number of hydrogen-bond acceptors (Lipinski definition) is 2. The first kappa shape index (κ1) is 40.6. The van der Waals surface area contributed by atoms with Crippen molar-refractivity contribution in [3.05, 3.63) is 267 Å². The van der Waals surface area contributed by atoms with Crippen molar-refractivity contribution in [2.45, 2.75) is 0 Å². The van der Waals surface area contributed by atoms with E-state index in [-0.39, 0.29) is 0 Å². The molecule has 3 nitrogen and oxygen atoms in total. The van der Waals surface area contributed by atoms with E-state index in [1.165, 1.54) is 60.2 Å². The highest BCUT2D eigenvalue weighted by atomic mass is 16.3. The van der Waals surface area contributed by atoms with Crippen LogP contribution in [0.2, 0.25) is 0 Å². The molecule has 0 saturated carbocycles. The summed E-state index contributed by atoms with van der Waals surface area (Å²) in [6, 6.07) is 96.6. The number of aromatic nitrogens is 1. The Hall–Kier alpha value is -9.44. The largest absolute Gasteiger partial charge is 0.455 e. The second-order valence-corrected chi connectivity index (χ2v) is 18.4. The number of para-hydroxylation sites is 4. The molecule has 0 aliphatic heterocycles. The monoisotopic (exact) mass is 904 g/mol. The summed E-state index contributed by atoms with van der Waals surface area (Å²) in [5, 5.41) is 9.56. The van der Waals surface area contributed by atoms with E-state index in [2.05, 4.69) is 276 Å². The van der Waals surface area contributed by atoms with Gasteiger partial charge in [0.1, 0.15) is 11.2 Å². The molecule has 0 N–H and O–H groups in total. The quantitative estimate of drug-likeness (QED) is 0.151. The summed E-state index contributed by atoms with van der Waals surface area (Å²) in [7, 11) is 0. The third kappa shape index (κ3) is 6.82. The Labute approximate surface area is 411 Å². The summed E-state index contributed by atoms with van der Waals surface area (Å²) in [6.07, 6.45) is 0. The zero-order valence-electron chi connectivity index (χ0n) is 38.7. The van der Waals surface area contributed by atoms with Crippen molar-refractivity contribution >= 4 is 82.4 Å². The fraction of sp³-hybridized carbons (Fsp3) is 0. The third-order valence-electron chi connectivity index (χ3n) is 14.4. The standard InChI is InChI=1S/C68H44N2O/c1-3-19-55-46(14-1)16-12-24-56(55)51-18-11-17-50(44-51)45-30-37-52(38-31-45)69(54-41-34-49(35-42-54)59-25-13-26-62-63-43-36-47-15-2-4-21-58(47)68(63)71-67(59)62)53-39-32-48(33-40-53)57-20-5-8-27-64(57)70-65-28-9-6-22-60(65)61-23-7-10-29-66(61)70/h1-44H. The van der Waals surface area contributed by atoms with Crippen LogP contribution < -0.4 is 4.90 Å². The molecule has 0 bridgehead atoms. The first-order chi connectivity index (χ1) is 35.2. The minimum absolute atomic E-state index is 0.903. The Morgan fingerprint density at radius 3 is 1.44 bits per heavy atom. The van der Waals surface area contributed by atoms with Crippen molar-refractivity contribution in [2.24, 2.45) is 0 Å². The van der Waals surface area contributed by atoms with Gasteiger partial charge in [-0.2, -0.15) is 0 Å². The lowest BCUT2D eigenvalue weighted by Gasteiger charge is -2.26. The first-order valence-electron chi connectivity index (χ1n) is 24.3. The molecule has 0 atom stereocenters. The topological polar surface area (TPSA) is 21.3 Å². The molecule has 14 aromatic rings. The molecule has 71 heavy (non-hydrogen) atoms. The molecule has 0 fully saturated rings. The van der Waals surface area contributed by atoms with Gasteiger partial charge in [0, 0.05) is 55.1 Å². The molecule has 2 heterocycles. The van der Waals surface area contributed by atoms with Crippen LogP contribution in [0.4, 0.5) is 17.1 Å². The molecule has 0 saturated heterocycles. The van der Waals surface area contributed by atoms with Crippen LogP contribution in [0.5, 0.6) is 0 Å². The molecule has 0 aliphatic carbocycles. The molecule has 2 aromatic heterocycles. The van der Waals surface area contributed by atoms with Crippen molar-refractivity contribution in [2.75, 3.05) is 4.90 Å². The van der Waals surface area contributed by atoms with Gasteiger partial charge in [-0.15, -0.1) is 0 Å². The smallest absolute Gasteiger partial charge is 0.143 e. The summed E-state index contributed by atoms with van der Waals surface area (Å²) < 4.78 is 9.19. The number of hydrogen-bond donors (Lipinski definition) is 0. The average molecular weight is 905 g/mol. The minimum atomic E-state index is 0.903. The molecule has 0 aliphatic rings. The minimum Gasteiger partial charge on any atom is -0.455 e. The third-order valence-corrected chi connectivity index (χ3v) is 14.4. The van der Waals surface area contributed by atoms with Crippen LogP contribution in [0.15, 0.2) is 271 Å². The lowest BCUT2D eigenvalue weighted by molar-refractivity contribution is 0.674. The lowest BCUT2D eigenvalue weighted by atomic mass is 9.95. The molecular formula is C68H44N2O. The van der Waals surface area contributed by atoms with Gasteiger partial charge in [-0.25, -0.2) is 0 Å². The van der Waals surface area contributed by atoms with Gasteiger partial charge in [0.05, 0.1) is 16.7 Å². The maximum atomic E-state index is 6.78. The van der Waals surface area contributed by atoms with Crippen molar-refractivity contribution in [3.63, 3.8) is 0 Å². The van der Waals surface area contributed by atoms with Gasteiger partial charge in [-0.3, -0.25) is 0 Å². The molecule has 0 radical (unpaired) electrons. The number of nitrogens with zero attached hydrogens (tertiary/aromatic N) is 2. The predicted octanol–water partition coefficient (Wildman–Crippen LogP) is 19.1. The van der Waals surface area contributed by atoms with Gasteiger partial charge in [-0.05, 0) is 116 Å². The Bertz CT molecular complexity index is 4270. The maximum Gasteiger partial charge on any atom is 0.143 e. The van der Waals surface area contributed by atoms with Crippen LogP contribution in [0, 0.1) is 0 Å². The second kappa shape index (κ2) is 16.7. The molecule has 332 valence electrons. The van der Waals surface area contributed by atoms with Gasteiger partial charge in [0.15, 0.2) is 0 Å². The lowest BCUT2D eigenvalue weighted by Crippen LogP contribution is -2.09. The Morgan fingerprint density at radius 2 is 0.732 bits per heavy atom. The van der Waals surface area contributed by atoms with Gasteiger partial charge in [-0.1, -0.05) is 200 Å². The molecule has 0 amide bonds. The zero-order valence-corrected chi connectivity index (χ0v) is 38.7. The van der Waals surface area contributed by atoms with Gasteiger partial charge in [0.25, 0.3) is 0 Å². The highest BCUT2D eigenvalue weighted by Gasteiger charge is 2.19. The molecule has 14 rings (SSSR count). The number of fused-ring (bicyclic) bond motifs is 9. The number of benzene rings is 12. The van der Waals surface area contributed by atoms with E-state index in [1.807, 2.05) is 0 Å². The highest BCUT2D eigenvalue weighted by Crippen LogP contribution is 2.43. The fourth-order valence-electron chi connectivity index (χ4n) is 11.0. The molecule has 12 aromatic carbocycles. The fourth-order valence-corrected chi connectivity index (χ4v) is 11.0. The normalized spacial score (nSPS) is 11.7. The predicted molar refractivity (Wildman–Crippen MR) is 299 cm³/mol. The van der Waals surface area contributed by atoms with E-state index in [0.29, 0.717) is 0 Å². The van der Waals surface area contributed by atoms with Gasteiger partial charge >= 0.3 is 0 Å². The summed E-state index contributed by atoms with van der Waals surface area (Å²) in [4.78, 5) is 2.36.